The molecule has 0 radical (unpaired) electrons. The SMILES string of the molecule is Nc1ccc(C(=O)OCCCC[C@H]2CCC[C@H]2N)cc1. The highest BCUT2D eigenvalue weighted by Gasteiger charge is 2.22. The van der Waals surface area contributed by atoms with E-state index in [1.807, 2.05) is 0 Å². The molecule has 4 nitrogen and oxygen atoms in total. The summed E-state index contributed by atoms with van der Waals surface area (Å²) in [6.07, 6.45) is 6.82. The van der Waals surface area contributed by atoms with Gasteiger partial charge in [-0.05, 0) is 62.3 Å². The van der Waals surface area contributed by atoms with Crippen LogP contribution in [-0.4, -0.2) is 18.6 Å². The zero-order valence-electron chi connectivity index (χ0n) is 11.9. The Labute approximate surface area is 120 Å². The average molecular weight is 276 g/mol. The molecule has 0 aromatic heterocycles. The van der Waals surface area contributed by atoms with Crippen LogP contribution >= 0.6 is 0 Å². The van der Waals surface area contributed by atoms with Gasteiger partial charge in [-0.15, -0.1) is 0 Å². The lowest BCUT2D eigenvalue weighted by molar-refractivity contribution is 0.0496. The standard InChI is InChI=1S/C16H24N2O2/c17-14-9-7-13(8-10-14)16(19)20-11-2-1-4-12-5-3-6-15(12)18/h7-10,12,15H,1-6,11,17-18H2/t12-,15+/m0/s1. The third-order valence-corrected chi connectivity index (χ3v) is 4.07. The number of anilines is 1. The molecule has 0 saturated heterocycles. The molecule has 0 bridgehead atoms. The number of rotatable bonds is 6. The maximum atomic E-state index is 11.7. The lowest BCUT2D eigenvalue weighted by Crippen LogP contribution is -2.24. The normalized spacial score (nSPS) is 21.9. The van der Waals surface area contributed by atoms with Crippen molar-refractivity contribution in [2.24, 2.45) is 11.7 Å². The Morgan fingerprint density at radius 2 is 1.95 bits per heavy atom. The average Bonchev–Trinajstić information content (AvgIpc) is 2.84. The van der Waals surface area contributed by atoms with Gasteiger partial charge in [-0.25, -0.2) is 4.79 Å². The first-order valence-electron chi connectivity index (χ1n) is 7.45. The van der Waals surface area contributed by atoms with Crippen molar-refractivity contribution in [3.05, 3.63) is 29.8 Å². The Kier molecular flexibility index (Phi) is 5.41. The van der Waals surface area contributed by atoms with Gasteiger partial charge in [0.25, 0.3) is 0 Å². The van der Waals surface area contributed by atoms with Crippen LogP contribution < -0.4 is 11.5 Å². The monoisotopic (exact) mass is 276 g/mol. The van der Waals surface area contributed by atoms with E-state index in [9.17, 15) is 4.79 Å². The van der Waals surface area contributed by atoms with E-state index < -0.39 is 0 Å². The third-order valence-electron chi connectivity index (χ3n) is 4.07. The largest absolute Gasteiger partial charge is 0.462 e. The highest BCUT2D eigenvalue weighted by molar-refractivity contribution is 5.89. The van der Waals surface area contributed by atoms with Crippen LogP contribution in [-0.2, 0) is 4.74 Å². The van der Waals surface area contributed by atoms with Gasteiger partial charge in [0.1, 0.15) is 0 Å². The topological polar surface area (TPSA) is 78.3 Å². The highest BCUT2D eigenvalue weighted by atomic mass is 16.5. The summed E-state index contributed by atoms with van der Waals surface area (Å²) < 4.78 is 5.25. The van der Waals surface area contributed by atoms with Crippen molar-refractivity contribution in [1.29, 1.82) is 0 Å². The second-order valence-corrected chi connectivity index (χ2v) is 5.61. The molecule has 0 heterocycles. The molecule has 1 aromatic rings. The van der Waals surface area contributed by atoms with E-state index in [2.05, 4.69) is 0 Å². The molecule has 4 heteroatoms. The first-order chi connectivity index (χ1) is 9.66. The Balaban J connectivity index is 1.61. The predicted octanol–water partition coefficient (Wildman–Crippen LogP) is 2.72. The Morgan fingerprint density at radius 3 is 2.60 bits per heavy atom. The summed E-state index contributed by atoms with van der Waals surface area (Å²) >= 11 is 0. The predicted molar refractivity (Wildman–Crippen MR) is 80.3 cm³/mol. The quantitative estimate of drug-likeness (QED) is 0.476. The van der Waals surface area contributed by atoms with Gasteiger partial charge >= 0.3 is 5.97 Å². The van der Waals surface area contributed by atoms with E-state index in [1.165, 1.54) is 12.8 Å². The smallest absolute Gasteiger partial charge is 0.338 e. The molecular weight excluding hydrogens is 252 g/mol. The van der Waals surface area contributed by atoms with Crippen molar-refractivity contribution in [3.63, 3.8) is 0 Å². The number of unbranched alkanes of at least 4 members (excludes halogenated alkanes) is 1. The lowest BCUT2D eigenvalue weighted by atomic mass is 9.97. The van der Waals surface area contributed by atoms with Gasteiger partial charge in [-0.3, -0.25) is 0 Å². The van der Waals surface area contributed by atoms with Crippen molar-refractivity contribution in [1.82, 2.24) is 0 Å². The van der Waals surface area contributed by atoms with Crippen LogP contribution in [0.25, 0.3) is 0 Å². The van der Waals surface area contributed by atoms with E-state index >= 15 is 0 Å². The molecule has 0 amide bonds. The minimum atomic E-state index is -0.275. The van der Waals surface area contributed by atoms with E-state index in [-0.39, 0.29) is 5.97 Å². The summed E-state index contributed by atoms with van der Waals surface area (Å²) in [4.78, 5) is 11.7. The molecule has 2 rings (SSSR count). The molecule has 1 aliphatic carbocycles. The molecule has 1 saturated carbocycles. The zero-order valence-corrected chi connectivity index (χ0v) is 11.9. The summed E-state index contributed by atoms with van der Waals surface area (Å²) in [7, 11) is 0. The first kappa shape index (κ1) is 14.9. The molecule has 1 aromatic carbocycles. The minimum Gasteiger partial charge on any atom is -0.462 e. The van der Waals surface area contributed by atoms with Crippen LogP contribution in [0.4, 0.5) is 5.69 Å². The number of hydrogen-bond acceptors (Lipinski definition) is 4. The van der Waals surface area contributed by atoms with Crippen molar-refractivity contribution >= 4 is 11.7 Å². The molecule has 4 N–H and O–H groups in total. The zero-order chi connectivity index (χ0) is 14.4. The minimum absolute atomic E-state index is 0.275. The highest BCUT2D eigenvalue weighted by Crippen LogP contribution is 2.28. The molecule has 2 atom stereocenters. The number of nitrogen functional groups attached to an aromatic ring is 1. The Hall–Kier alpha value is -1.55. The van der Waals surface area contributed by atoms with Crippen LogP contribution in [0, 0.1) is 5.92 Å². The maximum absolute atomic E-state index is 11.7. The second-order valence-electron chi connectivity index (χ2n) is 5.61. The number of hydrogen-bond donors (Lipinski definition) is 2. The fraction of sp³-hybridized carbons (Fsp3) is 0.562. The summed E-state index contributed by atoms with van der Waals surface area (Å²) in [6, 6.07) is 7.17. The number of carbonyl (C=O) groups excluding carboxylic acids is 1. The molecule has 0 unspecified atom stereocenters. The summed E-state index contributed by atoms with van der Waals surface area (Å²) in [5.41, 5.74) is 12.8. The number of nitrogens with two attached hydrogens (primary N) is 2. The number of ether oxygens (including phenoxy) is 1. The molecule has 1 fully saturated rings. The number of carbonyl (C=O) groups is 1. The lowest BCUT2D eigenvalue weighted by Gasteiger charge is -2.14. The molecule has 0 spiro atoms. The van der Waals surface area contributed by atoms with Crippen LogP contribution in [0.3, 0.4) is 0 Å². The summed E-state index contributed by atoms with van der Waals surface area (Å²) in [5, 5.41) is 0. The Morgan fingerprint density at radius 1 is 1.20 bits per heavy atom. The fourth-order valence-corrected chi connectivity index (χ4v) is 2.80. The molecular formula is C16H24N2O2. The molecule has 110 valence electrons. The molecule has 0 aliphatic heterocycles. The van der Waals surface area contributed by atoms with Crippen molar-refractivity contribution in [2.45, 2.75) is 44.6 Å². The van der Waals surface area contributed by atoms with E-state index in [1.54, 1.807) is 24.3 Å². The van der Waals surface area contributed by atoms with Gasteiger partial charge in [0.05, 0.1) is 12.2 Å². The Bertz CT molecular complexity index is 431. The summed E-state index contributed by atoms with van der Waals surface area (Å²) in [6.45, 7) is 0.477. The summed E-state index contributed by atoms with van der Waals surface area (Å²) in [5.74, 6) is 0.394. The van der Waals surface area contributed by atoms with E-state index in [0.29, 0.717) is 29.8 Å². The van der Waals surface area contributed by atoms with Gasteiger partial charge in [-0.2, -0.15) is 0 Å². The van der Waals surface area contributed by atoms with Crippen LogP contribution in [0.15, 0.2) is 24.3 Å². The van der Waals surface area contributed by atoms with Crippen molar-refractivity contribution in [3.8, 4) is 0 Å². The van der Waals surface area contributed by atoms with Crippen LogP contribution in [0.5, 0.6) is 0 Å². The third kappa shape index (κ3) is 4.23. The second kappa shape index (κ2) is 7.29. The van der Waals surface area contributed by atoms with Crippen LogP contribution in [0.2, 0.25) is 0 Å². The van der Waals surface area contributed by atoms with Crippen LogP contribution in [0.1, 0.15) is 48.9 Å². The van der Waals surface area contributed by atoms with Crippen molar-refractivity contribution in [2.75, 3.05) is 12.3 Å². The van der Waals surface area contributed by atoms with Gasteiger partial charge in [0.15, 0.2) is 0 Å². The van der Waals surface area contributed by atoms with Gasteiger partial charge in [-0.1, -0.05) is 6.42 Å². The van der Waals surface area contributed by atoms with Gasteiger partial charge in [0, 0.05) is 11.7 Å². The molecule has 1 aliphatic rings. The maximum Gasteiger partial charge on any atom is 0.338 e. The van der Waals surface area contributed by atoms with Crippen molar-refractivity contribution < 1.29 is 9.53 Å². The first-order valence-corrected chi connectivity index (χ1v) is 7.45. The van der Waals surface area contributed by atoms with E-state index in [0.717, 1.165) is 25.7 Å². The number of esters is 1. The fourth-order valence-electron chi connectivity index (χ4n) is 2.80. The van der Waals surface area contributed by atoms with E-state index in [4.69, 9.17) is 16.2 Å². The van der Waals surface area contributed by atoms with Gasteiger partial charge < -0.3 is 16.2 Å². The number of benzene rings is 1. The molecule has 20 heavy (non-hydrogen) atoms. The van der Waals surface area contributed by atoms with Gasteiger partial charge in [0.2, 0.25) is 0 Å².